The monoisotopic (exact) mass is 548 g/mol. The summed E-state index contributed by atoms with van der Waals surface area (Å²) in [7, 11) is 0. The van der Waals surface area contributed by atoms with Gasteiger partial charge in [-0.25, -0.2) is 0 Å². The molecule has 2 rings (SSSR count). The summed E-state index contributed by atoms with van der Waals surface area (Å²) >= 11 is 0. The van der Waals surface area contributed by atoms with Crippen molar-refractivity contribution in [1.29, 1.82) is 0 Å². The van der Waals surface area contributed by atoms with Crippen molar-refractivity contribution >= 4 is 27.3 Å². The third-order valence-corrected chi connectivity index (χ3v) is 3.86. The molecule has 6 heteroatoms. The Hall–Kier alpha value is -0.378. The molecule has 0 fully saturated rings. The first-order chi connectivity index (χ1) is 11.8. The van der Waals surface area contributed by atoms with Crippen molar-refractivity contribution in [3.63, 3.8) is 0 Å². The molecule has 0 spiro atoms. The van der Waals surface area contributed by atoms with E-state index in [9.17, 15) is 0 Å². The van der Waals surface area contributed by atoms with Gasteiger partial charge in [0.25, 0.3) is 0 Å². The number of ether oxygens (including phenoxy) is 5. The molecule has 1 heterocycles. The molecule has 0 unspecified atom stereocenters. The van der Waals surface area contributed by atoms with E-state index in [4.69, 9.17) is 23.7 Å². The van der Waals surface area contributed by atoms with E-state index >= 15 is 0 Å². The second-order valence-corrected chi connectivity index (χ2v) is 5.86. The van der Waals surface area contributed by atoms with Crippen molar-refractivity contribution in [3.05, 3.63) is 23.3 Å². The van der Waals surface area contributed by atoms with Crippen LogP contribution in [0.2, 0.25) is 0 Å². The van der Waals surface area contributed by atoms with Crippen molar-refractivity contribution in [1.82, 2.24) is 0 Å². The third kappa shape index (κ3) is 8.23. The van der Waals surface area contributed by atoms with E-state index < -0.39 is 0 Å². The number of benzene rings is 1. The SMILES string of the molecule is CCCCOCCOCCOCc1cc2c(cc1CCC)OCO2.[PbH2]. The zero-order valence-corrected chi connectivity index (χ0v) is 21.2. The Labute approximate surface area is 171 Å². The first-order valence-electron chi connectivity index (χ1n) is 8.99. The third-order valence-electron chi connectivity index (χ3n) is 3.86. The molecule has 0 amide bonds. The van der Waals surface area contributed by atoms with E-state index in [2.05, 4.69) is 19.9 Å². The second kappa shape index (κ2) is 13.8. The molecular formula is C19H32O5Pb. The average Bonchev–Trinajstić information content (AvgIpc) is 3.04. The van der Waals surface area contributed by atoms with Crippen LogP contribution in [0.1, 0.15) is 44.2 Å². The molecule has 0 aliphatic carbocycles. The topological polar surface area (TPSA) is 46.2 Å². The van der Waals surface area contributed by atoms with Crippen LogP contribution in [0.3, 0.4) is 0 Å². The summed E-state index contributed by atoms with van der Waals surface area (Å²) in [4.78, 5) is 0. The van der Waals surface area contributed by atoms with Crippen LogP contribution >= 0.6 is 0 Å². The van der Waals surface area contributed by atoms with Gasteiger partial charge in [0.05, 0.1) is 33.0 Å². The number of hydrogen-bond donors (Lipinski definition) is 0. The molecule has 25 heavy (non-hydrogen) atoms. The van der Waals surface area contributed by atoms with Crippen LogP contribution in [-0.2, 0) is 27.2 Å². The van der Waals surface area contributed by atoms with Gasteiger partial charge in [0.2, 0.25) is 6.79 Å². The Morgan fingerprint density at radius 3 is 2.04 bits per heavy atom. The van der Waals surface area contributed by atoms with Gasteiger partial charge in [0.15, 0.2) is 11.5 Å². The first kappa shape index (κ1) is 22.7. The molecule has 1 aliphatic rings. The molecule has 0 atom stereocenters. The quantitative estimate of drug-likeness (QED) is 0.281. The van der Waals surface area contributed by atoms with Gasteiger partial charge in [-0.2, -0.15) is 0 Å². The Bertz CT molecular complexity index is 481. The standard InChI is InChI=1S/C19H30O5.Pb.2H/c1-3-5-7-20-8-9-21-10-11-22-14-17-13-19-18(23-15-24-19)12-16(17)6-4-2;;;/h12-13H,3-11,14-15H2,1-2H3;;;. The summed E-state index contributed by atoms with van der Waals surface area (Å²) < 4.78 is 27.6. The van der Waals surface area contributed by atoms with Crippen LogP contribution in [0.4, 0.5) is 0 Å². The summed E-state index contributed by atoms with van der Waals surface area (Å²) in [5, 5.41) is 0. The van der Waals surface area contributed by atoms with Gasteiger partial charge in [-0.1, -0.05) is 26.7 Å². The summed E-state index contributed by atoms with van der Waals surface area (Å²) in [6.45, 7) is 8.47. The molecule has 1 aromatic rings. The predicted octanol–water partition coefficient (Wildman–Crippen LogP) is 2.80. The molecule has 0 N–H and O–H groups in total. The summed E-state index contributed by atoms with van der Waals surface area (Å²) in [6, 6.07) is 4.12. The van der Waals surface area contributed by atoms with Crippen molar-refractivity contribution in [3.8, 4) is 11.5 Å². The van der Waals surface area contributed by atoms with Crippen molar-refractivity contribution in [2.45, 2.75) is 46.1 Å². The van der Waals surface area contributed by atoms with E-state index in [1.165, 1.54) is 11.1 Å². The Morgan fingerprint density at radius 1 is 0.800 bits per heavy atom. The maximum atomic E-state index is 5.75. The summed E-state index contributed by atoms with van der Waals surface area (Å²) in [5.74, 6) is 1.66. The molecule has 0 saturated heterocycles. The van der Waals surface area contributed by atoms with E-state index in [-0.39, 0.29) is 27.3 Å². The molecule has 1 aromatic carbocycles. The average molecular weight is 548 g/mol. The first-order valence-corrected chi connectivity index (χ1v) is 8.99. The van der Waals surface area contributed by atoms with Gasteiger partial charge in [-0.3, -0.25) is 0 Å². The van der Waals surface area contributed by atoms with E-state index in [1.807, 2.05) is 6.07 Å². The molecule has 142 valence electrons. The van der Waals surface area contributed by atoms with Crippen LogP contribution in [0.15, 0.2) is 12.1 Å². The van der Waals surface area contributed by atoms with Gasteiger partial charge in [-0.15, -0.1) is 0 Å². The van der Waals surface area contributed by atoms with E-state index in [0.717, 1.165) is 43.8 Å². The van der Waals surface area contributed by atoms with Gasteiger partial charge in [0, 0.05) is 6.61 Å². The van der Waals surface area contributed by atoms with Crippen molar-refractivity contribution in [2.24, 2.45) is 0 Å². The second-order valence-electron chi connectivity index (χ2n) is 5.86. The minimum atomic E-state index is 0. The van der Waals surface area contributed by atoms with Gasteiger partial charge in [0.1, 0.15) is 0 Å². The van der Waals surface area contributed by atoms with Gasteiger partial charge >= 0.3 is 27.3 Å². The predicted molar refractivity (Wildman–Crippen MR) is 101 cm³/mol. The van der Waals surface area contributed by atoms with Crippen LogP contribution in [0.5, 0.6) is 11.5 Å². The van der Waals surface area contributed by atoms with Gasteiger partial charge < -0.3 is 23.7 Å². The Balaban J connectivity index is 0.00000312. The Kier molecular flexibility index (Phi) is 12.5. The normalized spacial score (nSPS) is 12.2. The summed E-state index contributed by atoms with van der Waals surface area (Å²) in [5.41, 5.74) is 2.44. The van der Waals surface area contributed by atoms with Crippen molar-refractivity contribution < 1.29 is 23.7 Å². The molecule has 0 saturated carbocycles. The van der Waals surface area contributed by atoms with Gasteiger partial charge in [-0.05, 0) is 36.1 Å². The maximum absolute atomic E-state index is 5.75. The molecule has 0 bridgehead atoms. The van der Waals surface area contributed by atoms with Crippen molar-refractivity contribution in [2.75, 3.05) is 39.8 Å². The molecular weight excluding hydrogens is 515 g/mol. The number of rotatable bonds is 13. The van der Waals surface area contributed by atoms with E-state index in [0.29, 0.717) is 39.8 Å². The minimum absolute atomic E-state index is 0. The zero-order valence-electron chi connectivity index (χ0n) is 15.7. The van der Waals surface area contributed by atoms with Crippen LogP contribution in [0, 0.1) is 0 Å². The number of aryl methyl sites for hydroxylation is 1. The number of hydrogen-bond acceptors (Lipinski definition) is 5. The van der Waals surface area contributed by atoms with E-state index in [1.54, 1.807) is 0 Å². The molecule has 1 aliphatic heterocycles. The Morgan fingerprint density at radius 2 is 1.40 bits per heavy atom. The summed E-state index contributed by atoms with van der Waals surface area (Å²) in [6.07, 6.45) is 4.38. The van der Waals surface area contributed by atoms with Crippen LogP contribution in [0.25, 0.3) is 0 Å². The fourth-order valence-corrected chi connectivity index (χ4v) is 2.53. The molecule has 0 aromatic heterocycles. The number of unbranched alkanes of at least 4 members (excludes halogenated alkanes) is 1. The molecule has 5 nitrogen and oxygen atoms in total. The molecule has 2 radical (unpaired) electrons. The van der Waals surface area contributed by atoms with Crippen LogP contribution < -0.4 is 9.47 Å². The fourth-order valence-electron chi connectivity index (χ4n) is 2.53. The number of fused-ring (bicyclic) bond motifs is 1. The fraction of sp³-hybridized carbons (Fsp3) is 0.684. The zero-order chi connectivity index (χ0) is 17.0. The van der Waals surface area contributed by atoms with Crippen LogP contribution in [-0.4, -0.2) is 67.1 Å².